The van der Waals surface area contributed by atoms with E-state index in [1.165, 1.54) is 49.8 Å². The first-order valence-electron chi connectivity index (χ1n) is 14.8. The Hall–Kier alpha value is -4.77. The van der Waals surface area contributed by atoms with E-state index in [0.29, 0.717) is 56.3 Å². The van der Waals surface area contributed by atoms with Crippen LogP contribution >= 0.6 is 15.9 Å². The molecule has 0 saturated carbocycles. The summed E-state index contributed by atoms with van der Waals surface area (Å²) in [6.07, 6.45) is 7.71. The van der Waals surface area contributed by atoms with E-state index in [2.05, 4.69) is 15.9 Å². The van der Waals surface area contributed by atoms with Gasteiger partial charge in [0.1, 0.15) is 28.4 Å². The Morgan fingerprint density at radius 1 is 0.723 bits per heavy atom. The molecule has 0 N–H and O–H groups in total. The third-order valence-corrected chi connectivity index (χ3v) is 9.77. The van der Waals surface area contributed by atoms with Crippen LogP contribution in [0.25, 0.3) is 27.6 Å². The number of benzene rings is 3. The third kappa shape index (κ3) is 4.32. The van der Waals surface area contributed by atoms with Crippen LogP contribution in [0.1, 0.15) is 55.7 Å². The van der Waals surface area contributed by atoms with E-state index in [4.69, 9.17) is 38.1 Å². The Balaban J connectivity index is 1.73. The molecule has 11 heteroatoms. The van der Waals surface area contributed by atoms with E-state index in [1.807, 2.05) is 43.4 Å². The molecule has 1 spiro atoms. The fraction of sp³-hybridized carbons (Fsp3) is 0.306. The number of hydrogen-bond acceptors (Lipinski definition) is 10. The monoisotopic (exact) mass is 703 g/mol. The topological polar surface area (TPSA) is 112 Å². The molecular formula is C36H34BrNO9. The van der Waals surface area contributed by atoms with Gasteiger partial charge in [0.05, 0.1) is 82.7 Å². The second-order valence-corrected chi connectivity index (χ2v) is 12.1. The van der Waals surface area contributed by atoms with Gasteiger partial charge >= 0.3 is 0 Å². The molecule has 2 unspecified atom stereocenters. The number of fused-ring (bicyclic) bond motifs is 5. The summed E-state index contributed by atoms with van der Waals surface area (Å²) in [5, 5.41) is 2.12. The summed E-state index contributed by atoms with van der Waals surface area (Å²) in [6.45, 7) is 1.93. The number of methoxy groups -OCH3 is 7. The van der Waals surface area contributed by atoms with Gasteiger partial charge < -0.3 is 33.2 Å². The highest BCUT2D eigenvalue weighted by atomic mass is 79.9. The molecule has 4 aromatic rings. The van der Waals surface area contributed by atoms with Crippen molar-refractivity contribution in [1.82, 2.24) is 4.98 Å². The lowest BCUT2D eigenvalue weighted by molar-refractivity contribution is 0.0790. The Bertz CT molecular complexity index is 2050. The average molecular weight is 705 g/mol. The highest BCUT2D eigenvalue weighted by molar-refractivity contribution is 9.09. The predicted octanol–water partition coefficient (Wildman–Crippen LogP) is 7.19. The van der Waals surface area contributed by atoms with Crippen LogP contribution in [0.5, 0.6) is 40.4 Å². The molecule has 47 heavy (non-hydrogen) atoms. The molecule has 0 radical (unpaired) electrons. The summed E-state index contributed by atoms with van der Waals surface area (Å²) >= 11 is 3.81. The molecule has 10 nitrogen and oxygen atoms in total. The van der Waals surface area contributed by atoms with E-state index in [9.17, 15) is 0 Å². The van der Waals surface area contributed by atoms with Gasteiger partial charge in [0.2, 0.25) is 5.88 Å². The highest BCUT2D eigenvalue weighted by Gasteiger charge is 2.63. The Morgan fingerprint density at radius 2 is 1.34 bits per heavy atom. The molecule has 0 amide bonds. The maximum Gasteiger partial charge on any atom is 0.225 e. The zero-order valence-electron chi connectivity index (χ0n) is 27.3. The maximum atomic E-state index is 15.1. The van der Waals surface area contributed by atoms with Crippen molar-refractivity contribution >= 4 is 55.1 Å². The van der Waals surface area contributed by atoms with Crippen molar-refractivity contribution in [2.75, 3.05) is 49.8 Å². The number of Topliss-reactive ketones (excluding diaryl/α,β-unsaturated/α-hetero) is 2. The molecule has 0 fully saturated rings. The number of nitrogens with zero attached hydrogens (tertiary/aromatic N) is 1. The van der Waals surface area contributed by atoms with Crippen molar-refractivity contribution in [2.45, 2.75) is 23.6 Å². The number of ether oxygens (including phenoxy) is 7. The van der Waals surface area contributed by atoms with Crippen LogP contribution in [-0.4, -0.2) is 66.3 Å². The smallest absolute Gasteiger partial charge is 0.225 e. The number of carbonyl (C=O) groups excluding carboxylic acids is 2. The lowest BCUT2D eigenvalue weighted by Crippen LogP contribution is -2.36. The molecule has 244 valence electrons. The van der Waals surface area contributed by atoms with E-state index < -0.39 is 17.0 Å². The number of allylic oxidation sites excluding steroid dienone is 3. The van der Waals surface area contributed by atoms with Crippen LogP contribution in [0.4, 0.5) is 0 Å². The van der Waals surface area contributed by atoms with E-state index in [-0.39, 0.29) is 33.9 Å². The van der Waals surface area contributed by atoms with E-state index in [0.717, 1.165) is 10.9 Å². The summed E-state index contributed by atoms with van der Waals surface area (Å²) in [5.41, 5.74) is 0.371. The minimum absolute atomic E-state index is 0.0831. The van der Waals surface area contributed by atoms with Crippen molar-refractivity contribution in [3.63, 3.8) is 0 Å². The third-order valence-electron chi connectivity index (χ3n) is 8.96. The molecule has 0 bridgehead atoms. The molecule has 2 atom stereocenters. The molecule has 2 aliphatic rings. The quantitative estimate of drug-likeness (QED) is 0.101. The van der Waals surface area contributed by atoms with Crippen molar-refractivity contribution in [3.05, 3.63) is 64.4 Å². The number of ketones is 2. The zero-order valence-corrected chi connectivity index (χ0v) is 28.9. The normalized spacial score (nSPS) is 18.4. The van der Waals surface area contributed by atoms with Gasteiger partial charge in [-0.15, -0.1) is 0 Å². The van der Waals surface area contributed by atoms with Crippen molar-refractivity contribution < 1.29 is 42.7 Å². The molecule has 0 saturated heterocycles. The van der Waals surface area contributed by atoms with Gasteiger partial charge in [-0.2, -0.15) is 0 Å². The molecule has 0 aliphatic heterocycles. The molecule has 6 rings (SSSR count). The zero-order chi connectivity index (χ0) is 33.8. The van der Waals surface area contributed by atoms with Gasteiger partial charge in [-0.05, 0) is 42.5 Å². The Morgan fingerprint density at radius 3 is 1.89 bits per heavy atom. The summed E-state index contributed by atoms with van der Waals surface area (Å²) in [4.78, 5) is 34.5. The average Bonchev–Trinajstić information content (AvgIpc) is 3.50. The van der Waals surface area contributed by atoms with Crippen LogP contribution in [0.15, 0.2) is 36.4 Å². The fourth-order valence-corrected chi connectivity index (χ4v) is 7.95. The van der Waals surface area contributed by atoms with Gasteiger partial charge in [-0.3, -0.25) is 9.59 Å². The number of halogens is 1. The van der Waals surface area contributed by atoms with Gasteiger partial charge in [0, 0.05) is 16.5 Å². The molecule has 2 aliphatic carbocycles. The van der Waals surface area contributed by atoms with Gasteiger partial charge in [-0.1, -0.05) is 34.2 Å². The van der Waals surface area contributed by atoms with Crippen molar-refractivity contribution in [1.29, 1.82) is 0 Å². The van der Waals surface area contributed by atoms with Gasteiger partial charge in [0.25, 0.3) is 0 Å². The Labute approximate surface area is 280 Å². The van der Waals surface area contributed by atoms with Crippen LogP contribution in [-0.2, 0) is 5.41 Å². The second-order valence-electron chi connectivity index (χ2n) is 11.0. The molecule has 3 aromatic carbocycles. The fourth-order valence-electron chi connectivity index (χ4n) is 7.10. The second kappa shape index (κ2) is 12.1. The minimum Gasteiger partial charge on any atom is -0.496 e. The highest BCUT2D eigenvalue weighted by Crippen LogP contribution is 2.63. The standard InChI is InChI=1S/C36H34BrNO9/c1-9-10-11-12-18-13-17-14-19-20(37)16-36(28(19)32(46-7)23(17)35(38-18)47-8)33(39)26-27(34(36)40)31(45-6)25-24(30(26)44-5)21(41-2)15-22(42-3)29(25)43-4/h9-15,20H,16H2,1-8H3/b10-9+,12-11+. The largest absolute Gasteiger partial charge is 0.496 e. The van der Waals surface area contributed by atoms with Crippen LogP contribution in [0.3, 0.4) is 0 Å². The number of carbonyl (C=O) groups is 2. The number of hydrogen-bond donors (Lipinski definition) is 0. The van der Waals surface area contributed by atoms with Crippen LogP contribution < -0.4 is 33.2 Å². The lowest BCUT2D eigenvalue weighted by Gasteiger charge is -2.24. The van der Waals surface area contributed by atoms with Gasteiger partial charge in [0.15, 0.2) is 23.1 Å². The van der Waals surface area contributed by atoms with Crippen LogP contribution in [0.2, 0.25) is 0 Å². The van der Waals surface area contributed by atoms with Crippen LogP contribution in [0, 0.1) is 0 Å². The number of alkyl halides is 1. The molecule has 1 heterocycles. The summed E-state index contributed by atoms with van der Waals surface area (Å²) in [6, 6.07) is 5.52. The molecule has 1 aromatic heterocycles. The summed E-state index contributed by atoms with van der Waals surface area (Å²) in [7, 11) is 10.4. The molecular weight excluding hydrogens is 670 g/mol. The van der Waals surface area contributed by atoms with E-state index >= 15 is 9.59 Å². The Kier molecular flexibility index (Phi) is 8.29. The predicted molar refractivity (Wildman–Crippen MR) is 182 cm³/mol. The van der Waals surface area contributed by atoms with Gasteiger partial charge in [-0.25, -0.2) is 4.98 Å². The minimum atomic E-state index is -1.68. The first-order chi connectivity index (χ1) is 22.7. The summed E-state index contributed by atoms with van der Waals surface area (Å²) in [5.74, 6) is 1.06. The first-order valence-corrected chi connectivity index (χ1v) is 15.7. The number of aromatic nitrogens is 1. The maximum absolute atomic E-state index is 15.1. The van der Waals surface area contributed by atoms with Crippen molar-refractivity contribution in [3.8, 4) is 40.4 Å². The summed E-state index contributed by atoms with van der Waals surface area (Å²) < 4.78 is 40.9. The SMILES string of the molecule is C/C=C/C=C/c1cc2cc3c(c(OC)c2c(OC)n1)C1(CC3Br)C(=O)c2c(c(OC)c3c(OC)c(OC)cc(OC)c3c2OC)C1=O. The van der Waals surface area contributed by atoms with E-state index in [1.54, 1.807) is 6.07 Å². The number of pyridine rings is 1. The number of rotatable bonds is 9. The van der Waals surface area contributed by atoms with Crippen molar-refractivity contribution in [2.24, 2.45) is 0 Å². The lowest BCUT2D eigenvalue weighted by atomic mass is 9.76. The first kappa shape index (κ1) is 32.2.